The summed E-state index contributed by atoms with van der Waals surface area (Å²) >= 11 is 0. The van der Waals surface area contributed by atoms with Gasteiger partial charge in [-0.2, -0.15) is 9.98 Å². The first-order valence-corrected chi connectivity index (χ1v) is 8.41. The Kier molecular flexibility index (Phi) is 5.50. The lowest BCUT2D eigenvalue weighted by molar-refractivity contribution is 0.364. The van der Waals surface area contributed by atoms with Crippen LogP contribution in [0.2, 0.25) is 0 Å². The average molecular weight is 342 g/mol. The Bertz CT molecular complexity index is 876. The molecule has 1 aliphatic carbocycles. The van der Waals surface area contributed by atoms with Crippen LogP contribution in [0.4, 0.5) is 0 Å². The van der Waals surface area contributed by atoms with E-state index in [4.69, 9.17) is 0 Å². The third kappa shape index (κ3) is 4.20. The molecule has 0 aliphatic heterocycles. The molecule has 2 aromatic rings. The molecule has 0 fully saturated rings. The molecule has 0 saturated heterocycles. The van der Waals surface area contributed by atoms with Crippen LogP contribution in [0.15, 0.2) is 94.2 Å². The molecule has 0 aromatic heterocycles. The van der Waals surface area contributed by atoms with Gasteiger partial charge in [-0.3, -0.25) is 0 Å². The lowest BCUT2D eigenvalue weighted by Crippen LogP contribution is -2.27. The molecule has 0 atom stereocenters. The van der Waals surface area contributed by atoms with E-state index in [1.54, 1.807) is 12.2 Å². The fraction of sp³-hybridized carbons (Fsp3) is 0.182. The number of isocyanates is 2. The maximum absolute atomic E-state index is 10.9. The van der Waals surface area contributed by atoms with Gasteiger partial charge in [0.1, 0.15) is 0 Å². The number of hydrogen-bond donors (Lipinski definition) is 0. The first kappa shape index (κ1) is 17.5. The van der Waals surface area contributed by atoms with Crippen molar-refractivity contribution in [3.05, 3.63) is 95.3 Å². The highest BCUT2D eigenvalue weighted by atomic mass is 16.1. The Morgan fingerprint density at radius 2 is 1.35 bits per heavy atom. The largest absolute Gasteiger partial charge is 0.240 e. The van der Waals surface area contributed by atoms with Gasteiger partial charge in [-0.15, -0.1) is 0 Å². The van der Waals surface area contributed by atoms with E-state index >= 15 is 0 Å². The van der Waals surface area contributed by atoms with Gasteiger partial charge in [0.25, 0.3) is 0 Å². The van der Waals surface area contributed by atoms with E-state index in [1.807, 2.05) is 36.4 Å². The summed E-state index contributed by atoms with van der Waals surface area (Å²) in [6, 6.07) is 20.4. The summed E-state index contributed by atoms with van der Waals surface area (Å²) in [4.78, 5) is 29.0. The summed E-state index contributed by atoms with van der Waals surface area (Å²) in [5.74, 6) is 0. The molecule has 0 bridgehead atoms. The fourth-order valence-electron chi connectivity index (χ4n) is 3.45. The average Bonchev–Trinajstić information content (AvgIpc) is 2.66. The van der Waals surface area contributed by atoms with E-state index in [-0.39, 0.29) is 5.41 Å². The molecule has 2 aromatic carbocycles. The van der Waals surface area contributed by atoms with E-state index < -0.39 is 0 Å². The normalized spacial score (nSPS) is 15.1. The SMILES string of the molecule is O=C=NC1=C(N=C=O)CC(Cc2ccccc2)(Cc2ccccc2)C=C1. The molecule has 4 heteroatoms. The van der Waals surface area contributed by atoms with Crippen LogP contribution in [0.3, 0.4) is 0 Å². The molecular weight excluding hydrogens is 324 g/mol. The highest BCUT2D eigenvalue weighted by Gasteiger charge is 2.33. The van der Waals surface area contributed by atoms with Crippen molar-refractivity contribution >= 4 is 12.2 Å². The standard InChI is InChI=1S/C22H18N2O2/c25-16-23-20-11-12-22(15-21(20)24-17-26,13-18-7-3-1-4-8-18)14-19-9-5-2-6-10-19/h1-12H,13-15H2. The maximum atomic E-state index is 10.9. The summed E-state index contributed by atoms with van der Waals surface area (Å²) in [7, 11) is 0. The van der Waals surface area contributed by atoms with Crippen molar-refractivity contribution < 1.29 is 9.59 Å². The van der Waals surface area contributed by atoms with Crippen molar-refractivity contribution in [1.82, 2.24) is 0 Å². The minimum absolute atomic E-state index is 0.264. The van der Waals surface area contributed by atoms with E-state index in [1.165, 1.54) is 17.2 Å². The van der Waals surface area contributed by atoms with E-state index in [0.717, 1.165) is 12.8 Å². The van der Waals surface area contributed by atoms with E-state index in [2.05, 4.69) is 40.3 Å². The molecule has 4 nitrogen and oxygen atoms in total. The third-order valence-electron chi connectivity index (χ3n) is 4.55. The lowest BCUT2D eigenvalue weighted by atomic mass is 9.71. The van der Waals surface area contributed by atoms with Crippen LogP contribution < -0.4 is 0 Å². The third-order valence-corrected chi connectivity index (χ3v) is 4.55. The number of allylic oxidation sites excluding steroid dienone is 3. The van der Waals surface area contributed by atoms with Crippen molar-refractivity contribution in [1.29, 1.82) is 0 Å². The van der Waals surface area contributed by atoms with E-state index in [9.17, 15) is 9.59 Å². The van der Waals surface area contributed by atoms with Crippen molar-refractivity contribution in [2.24, 2.45) is 15.4 Å². The van der Waals surface area contributed by atoms with Crippen molar-refractivity contribution in [3.8, 4) is 0 Å². The van der Waals surface area contributed by atoms with Crippen LogP contribution in [0.5, 0.6) is 0 Å². The molecule has 26 heavy (non-hydrogen) atoms. The minimum atomic E-state index is -0.264. The Morgan fingerprint density at radius 1 is 0.808 bits per heavy atom. The Balaban J connectivity index is 2.00. The van der Waals surface area contributed by atoms with Gasteiger partial charge in [-0.1, -0.05) is 66.7 Å². The zero-order chi connectivity index (χ0) is 18.2. The number of hydrogen-bond acceptors (Lipinski definition) is 4. The lowest BCUT2D eigenvalue weighted by Gasteiger charge is -2.34. The fourth-order valence-corrected chi connectivity index (χ4v) is 3.45. The molecule has 3 rings (SSSR count). The zero-order valence-electron chi connectivity index (χ0n) is 14.3. The second-order valence-corrected chi connectivity index (χ2v) is 6.44. The summed E-state index contributed by atoms with van der Waals surface area (Å²) in [6.07, 6.45) is 9.03. The van der Waals surface area contributed by atoms with Crippen molar-refractivity contribution in [2.75, 3.05) is 0 Å². The number of benzene rings is 2. The van der Waals surface area contributed by atoms with Crippen LogP contribution in [0.25, 0.3) is 0 Å². The highest BCUT2D eigenvalue weighted by Crippen LogP contribution is 2.41. The van der Waals surface area contributed by atoms with Crippen LogP contribution >= 0.6 is 0 Å². The molecule has 0 radical (unpaired) electrons. The van der Waals surface area contributed by atoms with Gasteiger partial charge in [0, 0.05) is 11.8 Å². The molecule has 0 N–H and O–H groups in total. The van der Waals surface area contributed by atoms with Crippen molar-refractivity contribution in [2.45, 2.75) is 19.3 Å². The molecule has 1 aliphatic rings. The number of aliphatic imine (C=N–C) groups is 2. The summed E-state index contributed by atoms with van der Waals surface area (Å²) in [6.45, 7) is 0. The summed E-state index contributed by atoms with van der Waals surface area (Å²) in [5, 5.41) is 0. The Hall–Kier alpha value is -3.32. The molecular formula is C22H18N2O2. The van der Waals surface area contributed by atoms with Gasteiger partial charge in [0.2, 0.25) is 12.2 Å². The molecule has 0 unspecified atom stereocenters. The second-order valence-electron chi connectivity index (χ2n) is 6.44. The summed E-state index contributed by atoms with van der Waals surface area (Å²) < 4.78 is 0. The molecule has 0 amide bonds. The van der Waals surface area contributed by atoms with Crippen LogP contribution in [-0.2, 0) is 22.4 Å². The predicted octanol–water partition coefficient (Wildman–Crippen LogP) is 4.30. The predicted molar refractivity (Wildman–Crippen MR) is 99.8 cm³/mol. The van der Waals surface area contributed by atoms with Gasteiger partial charge in [-0.25, -0.2) is 9.59 Å². The first-order chi connectivity index (χ1) is 12.7. The second kappa shape index (κ2) is 8.17. The topological polar surface area (TPSA) is 58.9 Å². The van der Waals surface area contributed by atoms with Crippen LogP contribution in [0.1, 0.15) is 17.5 Å². The quantitative estimate of drug-likeness (QED) is 0.580. The summed E-state index contributed by atoms with van der Waals surface area (Å²) in [5.41, 5.74) is 2.98. The number of carbonyl (C=O) groups excluding carboxylic acids is 2. The van der Waals surface area contributed by atoms with Gasteiger partial charge in [0.05, 0.1) is 11.4 Å². The number of rotatable bonds is 6. The van der Waals surface area contributed by atoms with Crippen molar-refractivity contribution in [3.63, 3.8) is 0 Å². The van der Waals surface area contributed by atoms with E-state index in [0.29, 0.717) is 17.8 Å². The monoisotopic (exact) mass is 342 g/mol. The van der Waals surface area contributed by atoms with Crippen LogP contribution in [-0.4, -0.2) is 12.2 Å². The van der Waals surface area contributed by atoms with Gasteiger partial charge in [0.15, 0.2) is 0 Å². The molecule has 0 spiro atoms. The maximum Gasteiger partial charge on any atom is 0.240 e. The Labute approximate surface area is 152 Å². The van der Waals surface area contributed by atoms with Gasteiger partial charge in [-0.05, 0) is 30.0 Å². The molecule has 0 saturated carbocycles. The zero-order valence-corrected chi connectivity index (χ0v) is 14.3. The first-order valence-electron chi connectivity index (χ1n) is 8.41. The molecule has 128 valence electrons. The van der Waals surface area contributed by atoms with Gasteiger partial charge >= 0.3 is 0 Å². The smallest absolute Gasteiger partial charge is 0.211 e. The minimum Gasteiger partial charge on any atom is -0.211 e. The molecule has 0 heterocycles. The Morgan fingerprint density at radius 3 is 1.85 bits per heavy atom. The highest BCUT2D eigenvalue weighted by molar-refractivity contribution is 5.47. The van der Waals surface area contributed by atoms with Gasteiger partial charge < -0.3 is 0 Å². The van der Waals surface area contributed by atoms with Crippen LogP contribution in [0, 0.1) is 5.41 Å². The number of nitrogens with zero attached hydrogens (tertiary/aromatic N) is 2.